The minimum absolute atomic E-state index is 0.0205. The number of fused-ring (bicyclic) bond motifs is 1. The number of aromatic hydroxyl groups is 2. The lowest BCUT2D eigenvalue weighted by Crippen LogP contribution is -2.57. The fourth-order valence-electron chi connectivity index (χ4n) is 8.53. The van der Waals surface area contributed by atoms with Crippen LogP contribution in [0.15, 0.2) is 126 Å². The molecule has 3 heterocycles. The van der Waals surface area contributed by atoms with Crippen LogP contribution in [0, 0.1) is 12.3 Å². The number of phenols is 2. The van der Waals surface area contributed by atoms with Crippen LogP contribution in [0.4, 0.5) is 0 Å². The van der Waals surface area contributed by atoms with Gasteiger partial charge in [0.2, 0.25) is 17.7 Å². The standard InChI is InChI=1S/C55H56N6O8S2/c1-32(35-10-14-37(15-11-35)49-33(2)56-31-70-49)58-53(67)45-27-42(64)30-61(45)54(68)51(55(3,4)5)59-47(65)7-6-26-69-43-23-8-34(9-24-43)29-57-60-52(66)39-16-12-36(13-17-39)48-44-25-22-41(63)28-46(44)71-50(48)38-18-20-40(62)21-19-38/h8-25,28-29,31-32,42,45,51,62-64H,6-7,26-27,30H2,1-5H3,(H,58,67)(H,59,65)(H,60,66). The predicted octanol–water partition coefficient (Wildman–Crippen LogP) is 9.37. The highest BCUT2D eigenvalue weighted by Crippen LogP contribution is 2.46. The van der Waals surface area contributed by atoms with E-state index in [1.165, 1.54) is 22.5 Å². The Morgan fingerprint density at radius 2 is 1.52 bits per heavy atom. The first kappa shape index (κ1) is 50.0. The number of hydrogen-bond acceptors (Lipinski definition) is 12. The number of aliphatic hydroxyl groups excluding tert-OH is 1. The number of aliphatic hydroxyl groups is 1. The zero-order chi connectivity index (χ0) is 50.4. The van der Waals surface area contributed by atoms with E-state index in [-0.39, 0.29) is 61.3 Å². The van der Waals surface area contributed by atoms with Gasteiger partial charge in [0.1, 0.15) is 29.3 Å². The number of carbonyl (C=O) groups is 4. The van der Waals surface area contributed by atoms with Gasteiger partial charge in [-0.25, -0.2) is 10.4 Å². The van der Waals surface area contributed by atoms with Crippen LogP contribution >= 0.6 is 22.7 Å². The van der Waals surface area contributed by atoms with Crippen molar-refractivity contribution >= 4 is 62.6 Å². The van der Waals surface area contributed by atoms with E-state index in [1.54, 1.807) is 72.0 Å². The molecule has 5 aromatic carbocycles. The molecule has 8 rings (SSSR count). The van der Waals surface area contributed by atoms with Crippen LogP contribution in [0.5, 0.6) is 17.2 Å². The lowest BCUT2D eigenvalue weighted by Gasteiger charge is -2.35. The van der Waals surface area contributed by atoms with E-state index in [1.807, 2.05) is 94.7 Å². The van der Waals surface area contributed by atoms with Gasteiger partial charge in [0.25, 0.3) is 5.91 Å². The zero-order valence-corrected chi connectivity index (χ0v) is 41.6. The van der Waals surface area contributed by atoms with Crippen LogP contribution in [0.25, 0.3) is 42.1 Å². The summed E-state index contributed by atoms with van der Waals surface area (Å²) < 4.78 is 6.80. The maximum Gasteiger partial charge on any atom is 0.271 e. The van der Waals surface area contributed by atoms with Gasteiger partial charge in [0.05, 0.1) is 41.0 Å². The van der Waals surface area contributed by atoms with E-state index in [9.17, 15) is 34.5 Å². The number of likely N-dealkylation sites (tertiary alicyclic amines) is 1. The number of nitrogens with zero attached hydrogens (tertiary/aromatic N) is 3. The van der Waals surface area contributed by atoms with Crippen molar-refractivity contribution in [2.45, 2.75) is 78.1 Å². The number of ether oxygens (including phenoxy) is 1. The van der Waals surface area contributed by atoms with E-state index in [2.05, 4.69) is 26.1 Å². The summed E-state index contributed by atoms with van der Waals surface area (Å²) >= 11 is 3.11. The molecule has 6 N–H and O–H groups in total. The minimum Gasteiger partial charge on any atom is -0.508 e. The molecule has 1 fully saturated rings. The molecule has 4 unspecified atom stereocenters. The summed E-state index contributed by atoms with van der Waals surface area (Å²) in [5.41, 5.74) is 10.5. The number of phenolic OH excluding ortho intramolecular Hbond substituents is 2. The van der Waals surface area contributed by atoms with Crippen molar-refractivity contribution in [1.82, 2.24) is 25.9 Å². The number of nitrogens with one attached hydrogen (secondary N) is 3. The number of hydrogen-bond donors (Lipinski definition) is 6. The van der Waals surface area contributed by atoms with Crippen LogP contribution in [0.2, 0.25) is 0 Å². The Hall–Kier alpha value is -7.40. The smallest absolute Gasteiger partial charge is 0.271 e. The lowest BCUT2D eigenvalue weighted by molar-refractivity contribution is -0.144. The third-order valence-corrected chi connectivity index (χ3v) is 14.6. The number of β-amino-alcohol motifs (C(OH)–C–C–N with tert-alkyl or cyclic N) is 1. The molecule has 0 saturated carbocycles. The van der Waals surface area contributed by atoms with Crippen LogP contribution < -0.4 is 20.8 Å². The predicted molar refractivity (Wildman–Crippen MR) is 279 cm³/mol. The molecule has 0 spiro atoms. The SMILES string of the molecule is Cc1ncsc1-c1ccc(C(C)NC(=O)C2CC(O)CN2C(=O)C(NC(=O)CCCOc2ccc(C=NNC(=O)c3ccc(-c4c(-c5ccc(O)cc5)sc5cc(O)ccc45)cc3)cc2)C(C)(C)C)cc1. The van der Waals surface area contributed by atoms with Gasteiger partial charge in [-0.15, -0.1) is 22.7 Å². The highest BCUT2D eigenvalue weighted by Gasteiger charge is 2.44. The monoisotopic (exact) mass is 992 g/mol. The first-order chi connectivity index (χ1) is 34.0. The molecule has 71 heavy (non-hydrogen) atoms. The van der Waals surface area contributed by atoms with Gasteiger partial charge in [-0.2, -0.15) is 5.10 Å². The Balaban J connectivity index is 0.795. The molecule has 2 aromatic heterocycles. The maximum absolute atomic E-state index is 14.1. The van der Waals surface area contributed by atoms with Gasteiger partial charge < -0.3 is 35.6 Å². The second-order valence-electron chi connectivity index (χ2n) is 18.7. The maximum atomic E-state index is 14.1. The van der Waals surface area contributed by atoms with Crippen molar-refractivity contribution in [2.75, 3.05) is 13.2 Å². The van der Waals surface area contributed by atoms with Crippen LogP contribution in [0.3, 0.4) is 0 Å². The van der Waals surface area contributed by atoms with Crippen molar-refractivity contribution in [3.63, 3.8) is 0 Å². The van der Waals surface area contributed by atoms with Crippen molar-refractivity contribution in [2.24, 2.45) is 10.5 Å². The number of rotatable bonds is 16. The van der Waals surface area contributed by atoms with Gasteiger partial charge in [0, 0.05) is 45.5 Å². The molecule has 4 amide bonds. The summed E-state index contributed by atoms with van der Waals surface area (Å²) in [5, 5.41) is 41.7. The lowest BCUT2D eigenvalue weighted by atomic mass is 9.85. The molecule has 16 heteroatoms. The van der Waals surface area contributed by atoms with E-state index >= 15 is 0 Å². The van der Waals surface area contributed by atoms with Crippen molar-refractivity contribution in [3.05, 3.63) is 143 Å². The van der Waals surface area contributed by atoms with E-state index in [0.717, 1.165) is 58.9 Å². The van der Waals surface area contributed by atoms with E-state index in [4.69, 9.17) is 4.74 Å². The quantitative estimate of drug-likeness (QED) is 0.0310. The Bertz CT molecular complexity index is 3050. The summed E-state index contributed by atoms with van der Waals surface area (Å²) in [6.07, 6.45) is 1.19. The molecule has 0 aliphatic carbocycles. The first-order valence-corrected chi connectivity index (χ1v) is 25.0. The van der Waals surface area contributed by atoms with Gasteiger partial charge in [-0.1, -0.05) is 57.2 Å². The molecule has 4 atom stereocenters. The zero-order valence-electron chi connectivity index (χ0n) is 40.0. The topological polar surface area (TPSA) is 203 Å². The molecule has 366 valence electrons. The summed E-state index contributed by atoms with van der Waals surface area (Å²) in [6.45, 7) is 9.60. The van der Waals surface area contributed by atoms with Crippen LogP contribution in [-0.2, 0) is 14.4 Å². The Morgan fingerprint density at radius 1 is 0.859 bits per heavy atom. The fraction of sp³-hybridized carbons (Fsp3) is 0.273. The Morgan fingerprint density at radius 3 is 2.20 bits per heavy atom. The summed E-state index contributed by atoms with van der Waals surface area (Å²) in [7, 11) is 0. The van der Waals surface area contributed by atoms with Gasteiger partial charge in [0.15, 0.2) is 0 Å². The van der Waals surface area contributed by atoms with Crippen LogP contribution in [-0.4, -0.2) is 86.4 Å². The number of benzene rings is 5. The normalized spacial score (nSPS) is 15.7. The van der Waals surface area contributed by atoms with Crippen molar-refractivity contribution < 1.29 is 39.2 Å². The summed E-state index contributed by atoms with van der Waals surface area (Å²) in [6, 6.07) is 32.3. The molecule has 1 aliphatic rings. The number of thiophene rings is 1. The third kappa shape index (κ3) is 12.0. The minimum atomic E-state index is -0.946. The largest absolute Gasteiger partial charge is 0.508 e. The number of carbonyl (C=O) groups excluding carboxylic acids is 4. The second kappa shape index (κ2) is 21.7. The average molecular weight is 993 g/mol. The first-order valence-electron chi connectivity index (χ1n) is 23.3. The average Bonchev–Trinajstić information content (AvgIpc) is 4.08. The second-order valence-corrected chi connectivity index (χ2v) is 20.6. The molecular weight excluding hydrogens is 937 g/mol. The molecule has 0 radical (unpaired) electrons. The highest BCUT2D eigenvalue weighted by atomic mass is 32.1. The number of hydrazone groups is 1. The Labute approximate surface area is 420 Å². The molecule has 7 aromatic rings. The van der Waals surface area contributed by atoms with Gasteiger partial charge >= 0.3 is 0 Å². The molecule has 1 saturated heterocycles. The molecule has 1 aliphatic heterocycles. The van der Waals surface area contributed by atoms with Crippen molar-refractivity contribution in [3.8, 4) is 49.3 Å². The number of amides is 4. The van der Waals surface area contributed by atoms with Gasteiger partial charge in [-0.3, -0.25) is 19.2 Å². The summed E-state index contributed by atoms with van der Waals surface area (Å²) in [4.78, 5) is 61.9. The number of aromatic nitrogens is 1. The number of thiazole rings is 1. The highest BCUT2D eigenvalue weighted by molar-refractivity contribution is 7.23. The van der Waals surface area contributed by atoms with E-state index in [0.29, 0.717) is 17.7 Å². The Kier molecular flexibility index (Phi) is 15.3. The number of aryl methyl sites for hydroxylation is 1. The van der Waals surface area contributed by atoms with E-state index < -0.39 is 29.5 Å². The van der Waals surface area contributed by atoms with Crippen LogP contribution in [0.1, 0.15) is 80.2 Å². The molecule has 14 nitrogen and oxygen atoms in total. The third-order valence-electron chi connectivity index (χ3n) is 12.4. The molecular formula is C55H56N6O8S2. The summed E-state index contributed by atoms with van der Waals surface area (Å²) in [5.74, 6) is -0.610. The van der Waals surface area contributed by atoms with Crippen molar-refractivity contribution in [1.29, 1.82) is 0 Å². The van der Waals surface area contributed by atoms with Gasteiger partial charge in [-0.05, 0) is 132 Å². The molecule has 0 bridgehead atoms. The fourth-order valence-corrected chi connectivity index (χ4v) is 10.6.